The molecule has 0 fully saturated rings. The standard InChI is InChI=1S/C13H10BrClN2O2/c14-12-7-9(1-6-13(12)15)8-16-10-2-4-11(5-3-10)17(18)19/h1-7,16H,8H2. The van der Waals surface area contributed by atoms with Crippen molar-refractivity contribution in [3.63, 3.8) is 0 Å². The summed E-state index contributed by atoms with van der Waals surface area (Å²) in [6, 6.07) is 12.0. The Kier molecular flexibility index (Phi) is 4.39. The van der Waals surface area contributed by atoms with Crippen molar-refractivity contribution in [2.24, 2.45) is 0 Å². The fourth-order valence-corrected chi connectivity index (χ4v) is 2.10. The van der Waals surface area contributed by atoms with E-state index in [4.69, 9.17) is 11.6 Å². The summed E-state index contributed by atoms with van der Waals surface area (Å²) in [6.45, 7) is 0.619. The average molecular weight is 342 g/mol. The molecule has 0 aliphatic carbocycles. The minimum atomic E-state index is -0.417. The van der Waals surface area contributed by atoms with E-state index in [0.29, 0.717) is 11.6 Å². The second-order valence-corrected chi connectivity index (χ2v) is 5.17. The number of non-ortho nitro benzene ring substituents is 1. The molecule has 2 aromatic rings. The van der Waals surface area contributed by atoms with E-state index in [9.17, 15) is 10.1 Å². The van der Waals surface area contributed by atoms with Crippen molar-refractivity contribution in [1.82, 2.24) is 0 Å². The van der Waals surface area contributed by atoms with Crippen LogP contribution in [0.3, 0.4) is 0 Å². The molecule has 19 heavy (non-hydrogen) atoms. The summed E-state index contributed by atoms with van der Waals surface area (Å²) < 4.78 is 0.845. The van der Waals surface area contributed by atoms with Crippen LogP contribution in [-0.4, -0.2) is 4.92 Å². The monoisotopic (exact) mass is 340 g/mol. The summed E-state index contributed by atoms with van der Waals surface area (Å²) >= 11 is 9.28. The highest BCUT2D eigenvalue weighted by atomic mass is 79.9. The highest BCUT2D eigenvalue weighted by Crippen LogP contribution is 2.24. The Hall–Kier alpha value is -1.59. The zero-order chi connectivity index (χ0) is 13.8. The van der Waals surface area contributed by atoms with Crippen LogP contribution in [0.2, 0.25) is 5.02 Å². The lowest BCUT2D eigenvalue weighted by atomic mass is 10.2. The minimum absolute atomic E-state index is 0.0831. The van der Waals surface area contributed by atoms with Gasteiger partial charge in [0.25, 0.3) is 5.69 Å². The Balaban J connectivity index is 2.01. The molecule has 0 aromatic heterocycles. The van der Waals surface area contributed by atoms with Crippen LogP contribution in [0, 0.1) is 10.1 Å². The van der Waals surface area contributed by atoms with E-state index in [1.54, 1.807) is 12.1 Å². The molecule has 1 N–H and O–H groups in total. The quantitative estimate of drug-likeness (QED) is 0.652. The number of nitrogens with zero attached hydrogens (tertiary/aromatic N) is 1. The van der Waals surface area contributed by atoms with Crippen molar-refractivity contribution >= 4 is 38.9 Å². The molecule has 0 atom stereocenters. The van der Waals surface area contributed by atoms with Crippen LogP contribution in [0.1, 0.15) is 5.56 Å². The molecule has 2 rings (SSSR count). The Morgan fingerprint density at radius 2 is 1.89 bits per heavy atom. The lowest BCUT2D eigenvalue weighted by molar-refractivity contribution is -0.384. The first-order valence-corrected chi connectivity index (χ1v) is 6.65. The molecule has 2 aromatic carbocycles. The van der Waals surface area contributed by atoms with Gasteiger partial charge in [0, 0.05) is 28.8 Å². The first-order valence-electron chi connectivity index (χ1n) is 5.48. The number of benzene rings is 2. The van der Waals surface area contributed by atoms with Crippen LogP contribution in [0.15, 0.2) is 46.9 Å². The SMILES string of the molecule is O=[N+]([O-])c1ccc(NCc2ccc(Cl)c(Br)c2)cc1. The summed E-state index contributed by atoms with van der Waals surface area (Å²) in [5.41, 5.74) is 1.98. The largest absolute Gasteiger partial charge is 0.381 e. The molecule has 0 heterocycles. The van der Waals surface area contributed by atoms with Gasteiger partial charge >= 0.3 is 0 Å². The predicted molar refractivity (Wildman–Crippen MR) is 79.6 cm³/mol. The van der Waals surface area contributed by atoms with Gasteiger partial charge in [-0.1, -0.05) is 17.7 Å². The number of nitrogens with one attached hydrogen (secondary N) is 1. The van der Waals surface area contributed by atoms with E-state index in [1.807, 2.05) is 18.2 Å². The minimum Gasteiger partial charge on any atom is -0.381 e. The van der Waals surface area contributed by atoms with Gasteiger partial charge in [0.1, 0.15) is 0 Å². The van der Waals surface area contributed by atoms with Crippen molar-refractivity contribution in [3.8, 4) is 0 Å². The molecule has 4 nitrogen and oxygen atoms in total. The maximum Gasteiger partial charge on any atom is 0.269 e. The third kappa shape index (κ3) is 3.68. The number of nitro benzene ring substituents is 1. The van der Waals surface area contributed by atoms with E-state index in [2.05, 4.69) is 21.2 Å². The number of hydrogen-bond acceptors (Lipinski definition) is 3. The normalized spacial score (nSPS) is 10.2. The number of halogens is 2. The maximum atomic E-state index is 10.5. The lowest BCUT2D eigenvalue weighted by Gasteiger charge is -2.07. The molecule has 98 valence electrons. The van der Waals surface area contributed by atoms with E-state index < -0.39 is 4.92 Å². The van der Waals surface area contributed by atoms with Crippen molar-refractivity contribution < 1.29 is 4.92 Å². The number of rotatable bonds is 4. The number of hydrogen-bond donors (Lipinski definition) is 1. The van der Waals surface area contributed by atoms with Gasteiger partial charge in [0.05, 0.1) is 9.95 Å². The van der Waals surface area contributed by atoms with E-state index in [-0.39, 0.29) is 5.69 Å². The second kappa shape index (κ2) is 6.04. The Morgan fingerprint density at radius 1 is 1.21 bits per heavy atom. The molecule has 0 bridgehead atoms. The average Bonchev–Trinajstić information content (AvgIpc) is 2.40. The fourth-order valence-electron chi connectivity index (χ4n) is 1.55. The van der Waals surface area contributed by atoms with Gasteiger partial charge in [-0.05, 0) is 45.8 Å². The molecule has 0 saturated carbocycles. The Morgan fingerprint density at radius 3 is 2.47 bits per heavy atom. The van der Waals surface area contributed by atoms with Gasteiger partial charge in [0.15, 0.2) is 0 Å². The third-order valence-electron chi connectivity index (χ3n) is 2.56. The first kappa shape index (κ1) is 13.8. The van der Waals surface area contributed by atoms with Crippen LogP contribution in [0.25, 0.3) is 0 Å². The zero-order valence-corrected chi connectivity index (χ0v) is 12.1. The van der Waals surface area contributed by atoms with Crippen molar-refractivity contribution in [1.29, 1.82) is 0 Å². The van der Waals surface area contributed by atoms with Crippen molar-refractivity contribution in [2.75, 3.05) is 5.32 Å². The summed E-state index contributed by atoms with van der Waals surface area (Å²) in [7, 11) is 0. The topological polar surface area (TPSA) is 55.2 Å². The van der Waals surface area contributed by atoms with Gasteiger partial charge in [-0.25, -0.2) is 0 Å². The van der Waals surface area contributed by atoms with E-state index >= 15 is 0 Å². The molecular formula is C13H10BrClN2O2. The van der Waals surface area contributed by atoms with Gasteiger partial charge in [-0.3, -0.25) is 10.1 Å². The highest BCUT2D eigenvalue weighted by molar-refractivity contribution is 9.10. The maximum absolute atomic E-state index is 10.5. The molecular weight excluding hydrogens is 332 g/mol. The number of nitro groups is 1. The first-order chi connectivity index (χ1) is 9.06. The Bertz CT molecular complexity index is 602. The summed E-state index contributed by atoms with van der Waals surface area (Å²) in [6.07, 6.45) is 0. The van der Waals surface area contributed by atoms with Crippen molar-refractivity contribution in [3.05, 3.63) is 67.6 Å². The zero-order valence-electron chi connectivity index (χ0n) is 9.77. The van der Waals surface area contributed by atoms with Crippen LogP contribution < -0.4 is 5.32 Å². The molecule has 0 aliphatic heterocycles. The molecule has 0 unspecified atom stereocenters. The van der Waals surface area contributed by atoms with Gasteiger partial charge in [-0.15, -0.1) is 0 Å². The summed E-state index contributed by atoms with van der Waals surface area (Å²) in [5.74, 6) is 0. The van der Waals surface area contributed by atoms with Crippen molar-refractivity contribution in [2.45, 2.75) is 6.54 Å². The van der Waals surface area contributed by atoms with E-state index in [0.717, 1.165) is 15.7 Å². The smallest absolute Gasteiger partial charge is 0.269 e. The lowest BCUT2D eigenvalue weighted by Crippen LogP contribution is -1.99. The number of anilines is 1. The van der Waals surface area contributed by atoms with Crippen LogP contribution >= 0.6 is 27.5 Å². The molecule has 0 saturated heterocycles. The second-order valence-electron chi connectivity index (χ2n) is 3.91. The third-order valence-corrected chi connectivity index (χ3v) is 3.77. The molecule has 0 amide bonds. The molecule has 0 spiro atoms. The fraction of sp³-hybridized carbons (Fsp3) is 0.0769. The van der Waals surface area contributed by atoms with Gasteiger partial charge < -0.3 is 5.32 Å². The van der Waals surface area contributed by atoms with Crippen LogP contribution in [-0.2, 0) is 6.54 Å². The van der Waals surface area contributed by atoms with E-state index in [1.165, 1.54) is 12.1 Å². The Labute approximate surface area is 123 Å². The summed E-state index contributed by atoms with van der Waals surface area (Å²) in [4.78, 5) is 10.1. The molecule has 0 radical (unpaired) electrons. The van der Waals surface area contributed by atoms with Crippen LogP contribution in [0.5, 0.6) is 0 Å². The predicted octanol–water partition coefficient (Wildman–Crippen LogP) is 4.62. The molecule has 6 heteroatoms. The summed E-state index contributed by atoms with van der Waals surface area (Å²) in [5, 5.41) is 14.4. The molecule has 0 aliphatic rings. The van der Waals surface area contributed by atoms with Gasteiger partial charge in [-0.2, -0.15) is 0 Å². The van der Waals surface area contributed by atoms with Gasteiger partial charge in [0.2, 0.25) is 0 Å². The van der Waals surface area contributed by atoms with Crippen LogP contribution in [0.4, 0.5) is 11.4 Å². The highest BCUT2D eigenvalue weighted by Gasteiger charge is 2.04.